The lowest BCUT2D eigenvalue weighted by atomic mass is 9.78. The van der Waals surface area contributed by atoms with Crippen molar-refractivity contribution in [3.8, 4) is 11.1 Å². The Hall–Kier alpha value is -3.39. The summed E-state index contributed by atoms with van der Waals surface area (Å²) in [7, 11) is 0. The van der Waals surface area contributed by atoms with Crippen molar-refractivity contribution in [3.05, 3.63) is 59.7 Å². The molecule has 32 heavy (non-hydrogen) atoms. The number of rotatable bonds is 8. The lowest BCUT2D eigenvalue weighted by Crippen LogP contribution is -2.48. The van der Waals surface area contributed by atoms with Crippen molar-refractivity contribution in [1.29, 1.82) is 0 Å². The number of aliphatic hydroxyl groups is 1. The van der Waals surface area contributed by atoms with E-state index in [2.05, 4.69) is 34.9 Å². The second kappa shape index (κ2) is 9.40. The molecule has 2 aromatic rings. The molecule has 1 atom stereocenters. The van der Waals surface area contributed by atoms with Gasteiger partial charge >= 0.3 is 12.1 Å². The quantitative estimate of drug-likeness (QED) is 0.501. The summed E-state index contributed by atoms with van der Waals surface area (Å²) >= 11 is 0. The van der Waals surface area contributed by atoms with Crippen LogP contribution in [0.15, 0.2) is 48.5 Å². The predicted octanol–water partition coefficient (Wildman–Crippen LogP) is 2.26. The number of hydrogen-bond acceptors (Lipinski definition) is 5. The minimum Gasteiger partial charge on any atom is -0.480 e. The minimum absolute atomic E-state index is 0.000286. The van der Waals surface area contributed by atoms with E-state index in [0.717, 1.165) is 11.1 Å². The molecule has 4 rings (SSSR count). The van der Waals surface area contributed by atoms with Crippen molar-refractivity contribution < 1.29 is 29.3 Å². The lowest BCUT2D eigenvalue weighted by molar-refractivity contribution is -0.143. The first-order valence-corrected chi connectivity index (χ1v) is 10.7. The van der Waals surface area contributed by atoms with E-state index in [1.54, 1.807) is 0 Å². The van der Waals surface area contributed by atoms with E-state index >= 15 is 0 Å². The summed E-state index contributed by atoms with van der Waals surface area (Å²) in [5.74, 6) is -1.64. The van der Waals surface area contributed by atoms with Crippen LogP contribution in [0.5, 0.6) is 0 Å². The summed E-state index contributed by atoms with van der Waals surface area (Å²) < 4.78 is 5.53. The topological polar surface area (TPSA) is 125 Å². The molecule has 1 fully saturated rings. The highest BCUT2D eigenvalue weighted by Crippen LogP contribution is 2.44. The fourth-order valence-electron chi connectivity index (χ4n) is 4.53. The number of alkyl carbamates (subject to hydrolysis) is 1. The van der Waals surface area contributed by atoms with E-state index in [1.165, 1.54) is 11.1 Å². The van der Waals surface area contributed by atoms with Gasteiger partial charge in [-0.15, -0.1) is 0 Å². The molecule has 0 spiro atoms. The van der Waals surface area contributed by atoms with Crippen LogP contribution in [0.3, 0.4) is 0 Å². The first-order valence-electron chi connectivity index (χ1n) is 10.7. The van der Waals surface area contributed by atoms with Crippen molar-refractivity contribution in [2.75, 3.05) is 13.2 Å². The van der Waals surface area contributed by atoms with Gasteiger partial charge in [-0.25, -0.2) is 9.59 Å². The number of aliphatic hydroxyl groups excluding tert-OH is 1. The zero-order chi connectivity index (χ0) is 22.7. The number of ether oxygens (including phenoxy) is 1. The van der Waals surface area contributed by atoms with Crippen LogP contribution < -0.4 is 10.6 Å². The Morgan fingerprint density at radius 3 is 2.16 bits per heavy atom. The number of benzene rings is 2. The Balaban J connectivity index is 1.23. The Morgan fingerprint density at radius 1 is 1.00 bits per heavy atom. The molecular formula is C24H26N2O6. The minimum atomic E-state index is -1.29. The third-order valence-electron chi connectivity index (χ3n) is 6.19. The zero-order valence-corrected chi connectivity index (χ0v) is 17.5. The summed E-state index contributed by atoms with van der Waals surface area (Å²) in [6.45, 7) is -0.409. The SMILES string of the molecule is O=C(CC1CC(NC(=O)OCC2c3ccccc3-c3ccccc32)C1)N[C@@H](CO)C(=O)O. The second-order valence-corrected chi connectivity index (χ2v) is 8.35. The molecule has 2 amide bonds. The normalized spacial score (nSPS) is 19.8. The fraction of sp³-hybridized carbons (Fsp3) is 0.375. The average Bonchev–Trinajstić information content (AvgIpc) is 3.08. The van der Waals surface area contributed by atoms with Gasteiger partial charge in [0.15, 0.2) is 0 Å². The van der Waals surface area contributed by atoms with E-state index < -0.39 is 30.6 Å². The molecule has 8 nitrogen and oxygen atoms in total. The van der Waals surface area contributed by atoms with Crippen LogP contribution >= 0.6 is 0 Å². The summed E-state index contributed by atoms with van der Waals surface area (Å²) in [4.78, 5) is 35.1. The third-order valence-corrected chi connectivity index (χ3v) is 6.19. The van der Waals surface area contributed by atoms with Crippen LogP contribution in [0, 0.1) is 5.92 Å². The smallest absolute Gasteiger partial charge is 0.407 e. The van der Waals surface area contributed by atoms with Crippen molar-refractivity contribution in [1.82, 2.24) is 10.6 Å². The van der Waals surface area contributed by atoms with Crippen LogP contribution in [0.1, 0.15) is 36.3 Å². The molecule has 0 aromatic heterocycles. The second-order valence-electron chi connectivity index (χ2n) is 8.35. The third kappa shape index (κ3) is 4.60. The number of carbonyl (C=O) groups excluding carboxylic acids is 2. The van der Waals surface area contributed by atoms with Gasteiger partial charge in [0.25, 0.3) is 0 Å². The maximum Gasteiger partial charge on any atom is 0.407 e. The van der Waals surface area contributed by atoms with E-state index in [0.29, 0.717) is 12.8 Å². The standard InChI is InChI=1S/C24H26N2O6/c27-12-21(23(29)30)26-22(28)11-14-9-15(10-14)25-24(31)32-13-20-18-7-3-1-5-16(18)17-6-2-4-8-19(17)20/h1-8,14-15,20-21,27H,9-13H2,(H,25,31)(H,26,28)(H,29,30)/t14?,15?,21-/m0/s1. The molecule has 0 aliphatic heterocycles. The first kappa shape index (κ1) is 21.8. The molecule has 2 aliphatic rings. The fourth-order valence-corrected chi connectivity index (χ4v) is 4.53. The highest BCUT2D eigenvalue weighted by Gasteiger charge is 2.34. The van der Waals surface area contributed by atoms with E-state index in [9.17, 15) is 14.4 Å². The highest BCUT2D eigenvalue weighted by atomic mass is 16.5. The maximum atomic E-state index is 12.3. The largest absolute Gasteiger partial charge is 0.480 e. The van der Waals surface area contributed by atoms with Crippen LogP contribution in [0.2, 0.25) is 0 Å². The van der Waals surface area contributed by atoms with Crippen molar-refractivity contribution in [3.63, 3.8) is 0 Å². The maximum absolute atomic E-state index is 12.3. The van der Waals surface area contributed by atoms with Gasteiger partial charge in [-0.1, -0.05) is 48.5 Å². The Bertz CT molecular complexity index is 972. The van der Waals surface area contributed by atoms with Gasteiger partial charge in [0, 0.05) is 18.4 Å². The number of carboxylic acids is 1. The van der Waals surface area contributed by atoms with Gasteiger partial charge in [0.05, 0.1) is 6.61 Å². The monoisotopic (exact) mass is 438 g/mol. The van der Waals surface area contributed by atoms with E-state index in [1.807, 2.05) is 24.3 Å². The van der Waals surface area contributed by atoms with Crippen molar-refractivity contribution >= 4 is 18.0 Å². The number of carboxylic acid groups (broad SMARTS) is 1. The van der Waals surface area contributed by atoms with Gasteiger partial charge in [-0.05, 0) is 41.0 Å². The summed E-state index contributed by atoms with van der Waals surface area (Å²) in [5.41, 5.74) is 4.64. The van der Waals surface area contributed by atoms with Crippen LogP contribution in [0.25, 0.3) is 11.1 Å². The van der Waals surface area contributed by atoms with Crippen LogP contribution in [-0.2, 0) is 14.3 Å². The van der Waals surface area contributed by atoms with Gasteiger partial charge in [0.1, 0.15) is 12.6 Å². The predicted molar refractivity (Wildman–Crippen MR) is 116 cm³/mol. The van der Waals surface area contributed by atoms with Gasteiger partial charge in [-0.2, -0.15) is 0 Å². The number of nitrogens with one attached hydrogen (secondary N) is 2. The molecule has 8 heteroatoms. The summed E-state index contributed by atoms with van der Waals surface area (Å²) in [6, 6.07) is 14.9. The molecule has 4 N–H and O–H groups in total. The number of fused-ring (bicyclic) bond motifs is 3. The molecule has 0 radical (unpaired) electrons. The zero-order valence-electron chi connectivity index (χ0n) is 17.5. The molecule has 0 bridgehead atoms. The number of carbonyl (C=O) groups is 3. The Kier molecular flexibility index (Phi) is 6.41. The van der Waals surface area contributed by atoms with Gasteiger partial charge in [0.2, 0.25) is 5.91 Å². The highest BCUT2D eigenvalue weighted by molar-refractivity contribution is 5.84. The molecule has 1 saturated carbocycles. The van der Waals surface area contributed by atoms with Gasteiger partial charge < -0.3 is 25.6 Å². The number of hydrogen-bond donors (Lipinski definition) is 4. The van der Waals surface area contributed by atoms with Crippen LogP contribution in [0.4, 0.5) is 4.79 Å². The van der Waals surface area contributed by atoms with E-state index in [-0.39, 0.29) is 30.9 Å². The van der Waals surface area contributed by atoms with Crippen molar-refractivity contribution in [2.24, 2.45) is 5.92 Å². The van der Waals surface area contributed by atoms with Crippen LogP contribution in [-0.4, -0.2) is 53.5 Å². The molecule has 0 unspecified atom stereocenters. The first-order chi connectivity index (χ1) is 15.5. The molecule has 168 valence electrons. The number of aliphatic carboxylic acids is 1. The molecule has 0 saturated heterocycles. The molecule has 2 aromatic carbocycles. The molecule has 2 aliphatic carbocycles. The van der Waals surface area contributed by atoms with Gasteiger partial charge in [-0.3, -0.25) is 4.79 Å². The average molecular weight is 438 g/mol. The summed E-state index contributed by atoms with van der Waals surface area (Å²) in [5, 5.41) is 23.0. The number of amides is 2. The Labute approximate surface area is 185 Å². The molecule has 0 heterocycles. The van der Waals surface area contributed by atoms with E-state index in [4.69, 9.17) is 14.9 Å². The van der Waals surface area contributed by atoms with Crippen molar-refractivity contribution in [2.45, 2.75) is 37.3 Å². The summed E-state index contributed by atoms with van der Waals surface area (Å²) in [6.07, 6.45) is 0.918. The Morgan fingerprint density at radius 2 is 1.59 bits per heavy atom. The lowest BCUT2D eigenvalue weighted by Gasteiger charge is -2.35. The molecular weight excluding hydrogens is 412 g/mol.